The summed E-state index contributed by atoms with van der Waals surface area (Å²) in [5.41, 5.74) is 0.902. The number of methoxy groups -OCH3 is 1. The third-order valence-electron chi connectivity index (χ3n) is 3.38. The van der Waals surface area contributed by atoms with E-state index in [1.807, 2.05) is 0 Å². The Morgan fingerprint density at radius 2 is 2.04 bits per heavy atom. The highest BCUT2D eigenvalue weighted by atomic mass is 35.5. The topological polar surface area (TPSA) is 77.2 Å². The Bertz CT molecular complexity index is 896. The standard InChI is InChI=1S/C17H13ClFN3O3/c1-24-14-7-4-11(8-13(14)19)17(23)20-9-15-21-16(22-25-15)10-2-5-12(18)6-3-10/h2-8H,9H2,1H3,(H,20,23). The van der Waals surface area contributed by atoms with Crippen LogP contribution in [-0.2, 0) is 6.54 Å². The molecule has 1 heterocycles. The van der Waals surface area contributed by atoms with Gasteiger partial charge in [0, 0.05) is 16.1 Å². The highest BCUT2D eigenvalue weighted by molar-refractivity contribution is 6.30. The van der Waals surface area contributed by atoms with Crippen LogP contribution in [0, 0.1) is 5.82 Å². The Morgan fingerprint density at radius 3 is 2.72 bits per heavy atom. The maximum absolute atomic E-state index is 13.6. The van der Waals surface area contributed by atoms with E-state index in [-0.39, 0.29) is 23.7 Å². The van der Waals surface area contributed by atoms with E-state index < -0.39 is 11.7 Å². The summed E-state index contributed by atoms with van der Waals surface area (Å²) in [4.78, 5) is 16.3. The molecule has 0 aliphatic rings. The van der Waals surface area contributed by atoms with Gasteiger partial charge in [0.25, 0.3) is 5.91 Å². The number of amides is 1. The van der Waals surface area contributed by atoms with E-state index in [0.717, 1.165) is 11.6 Å². The van der Waals surface area contributed by atoms with Gasteiger partial charge in [-0.1, -0.05) is 16.8 Å². The fraction of sp³-hybridized carbons (Fsp3) is 0.118. The molecule has 2 aromatic carbocycles. The molecule has 0 aliphatic carbocycles. The number of rotatable bonds is 5. The van der Waals surface area contributed by atoms with Gasteiger partial charge in [0.05, 0.1) is 13.7 Å². The third kappa shape index (κ3) is 3.95. The molecule has 0 unspecified atom stereocenters. The van der Waals surface area contributed by atoms with Crippen molar-refractivity contribution in [1.29, 1.82) is 0 Å². The SMILES string of the molecule is COc1ccc(C(=O)NCc2nc(-c3ccc(Cl)cc3)no2)cc1F. The van der Waals surface area contributed by atoms with E-state index in [1.165, 1.54) is 19.2 Å². The van der Waals surface area contributed by atoms with Crippen molar-refractivity contribution in [3.05, 3.63) is 64.8 Å². The second-order valence-corrected chi connectivity index (χ2v) is 5.49. The first-order chi connectivity index (χ1) is 12.1. The van der Waals surface area contributed by atoms with Crippen molar-refractivity contribution in [3.8, 4) is 17.1 Å². The average Bonchev–Trinajstić information content (AvgIpc) is 3.09. The van der Waals surface area contributed by atoms with Crippen LogP contribution in [0.5, 0.6) is 5.75 Å². The summed E-state index contributed by atoms with van der Waals surface area (Å²) in [5, 5.41) is 7.04. The lowest BCUT2D eigenvalue weighted by molar-refractivity contribution is 0.0945. The molecular formula is C17H13ClFN3O3. The Kier molecular flexibility index (Phi) is 4.95. The molecule has 0 saturated heterocycles. The first-order valence-electron chi connectivity index (χ1n) is 7.27. The smallest absolute Gasteiger partial charge is 0.251 e. The van der Waals surface area contributed by atoms with E-state index in [9.17, 15) is 9.18 Å². The number of carbonyl (C=O) groups is 1. The lowest BCUT2D eigenvalue weighted by Crippen LogP contribution is -2.23. The van der Waals surface area contributed by atoms with Crippen LogP contribution in [-0.4, -0.2) is 23.2 Å². The third-order valence-corrected chi connectivity index (χ3v) is 3.64. The molecule has 3 rings (SSSR count). The molecule has 128 valence electrons. The summed E-state index contributed by atoms with van der Waals surface area (Å²) >= 11 is 5.83. The number of hydrogen-bond donors (Lipinski definition) is 1. The van der Waals surface area contributed by atoms with Gasteiger partial charge in [0.2, 0.25) is 11.7 Å². The quantitative estimate of drug-likeness (QED) is 0.753. The summed E-state index contributed by atoms with van der Waals surface area (Å²) in [7, 11) is 1.35. The summed E-state index contributed by atoms with van der Waals surface area (Å²) in [6.45, 7) is 0.0209. The van der Waals surface area contributed by atoms with E-state index in [0.29, 0.717) is 10.8 Å². The van der Waals surface area contributed by atoms with E-state index >= 15 is 0 Å². The van der Waals surface area contributed by atoms with Crippen molar-refractivity contribution >= 4 is 17.5 Å². The fourth-order valence-electron chi connectivity index (χ4n) is 2.11. The lowest BCUT2D eigenvalue weighted by atomic mass is 10.2. The highest BCUT2D eigenvalue weighted by Crippen LogP contribution is 2.19. The molecule has 6 nitrogen and oxygen atoms in total. The van der Waals surface area contributed by atoms with Crippen molar-refractivity contribution in [3.63, 3.8) is 0 Å². The van der Waals surface area contributed by atoms with Gasteiger partial charge in [-0.3, -0.25) is 4.79 Å². The van der Waals surface area contributed by atoms with E-state index in [1.54, 1.807) is 24.3 Å². The maximum Gasteiger partial charge on any atom is 0.251 e. The summed E-state index contributed by atoms with van der Waals surface area (Å²) in [6.07, 6.45) is 0. The molecule has 0 atom stereocenters. The molecule has 0 spiro atoms. The number of aromatic nitrogens is 2. The van der Waals surface area contributed by atoms with Gasteiger partial charge < -0.3 is 14.6 Å². The van der Waals surface area contributed by atoms with Crippen LogP contribution in [0.2, 0.25) is 5.02 Å². The predicted molar refractivity (Wildman–Crippen MR) is 88.9 cm³/mol. The maximum atomic E-state index is 13.6. The average molecular weight is 362 g/mol. The Balaban J connectivity index is 1.65. The molecule has 0 radical (unpaired) electrons. The molecule has 0 fully saturated rings. The molecule has 1 amide bonds. The first kappa shape index (κ1) is 16.9. The molecular weight excluding hydrogens is 349 g/mol. The molecule has 0 saturated carbocycles. The molecule has 0 aliphatic heterocycles. The van der Waals surface area contributed by atoms with E-state index in [2.05, 4.69) is 15.5 Å². The minimum absolute atomic E-state index is 0.0209. The van der Waals surface area contributed by atoms with Gasteiger partial charge in [-0.25, -0.2) is 4.39 Å². The molecule has 8 heteroatoms. The number of hydrogen-bond acceptors (Lipinski definition) is 5. The van der Waals surface area contributed by atoms with Crippen molar-refractivity contribution in [1.82, 2.24) is 15.5 Å². The second kappa shape index (κ2) is 7.31. The highest BCUT2D eigenvalue weighted by Gasteiger charge is 2.13. The van der Waals surface area contributed by atoms with Crippen LogP contribution in [0.15, 0.2) is 47.0 Å². The largest absolute Gasteiger partial charge is 0.494 e. The van der Waals surface area contributed by atoms with Gasteiger partial charge in [-0.15, -0.1) is 0 Å². The zero-order valence-corrected chi connectivity index (χ0v) is 13.9. The molecule has 0 bridgehead atoms. The lowest BCUT2D eigenvalue weighted by Gasteiger charge is -2.05. The number of carbonyl (C=O) groups excluding carboxylic acids is 1. The van der Waals surface area contributed by atoms with Crippen LogP contribution in [0.3, 0.4) is 0 Å². The summed E-state index contributed by atoms with van der Waals surface area (Å²) < 4.78 is 23.5. The minimum Gasteiger partial charge on any atom is -0.494 e. The number of ether oxygens (including phenoxy) is 1. The fourth-order valence-corrected chi connectivity index (χ4v) is 2.23. The zero-order valence-electron chi connectivity index (χ0n) is 13.1. The van der Waals surface area contributed by atoms with Crippen molar-refractivity contribution < 1.29 is 18.4 Å². The molecule has 1 N–H and O–H groups in total. The zero-order chi connectivity index (χ0) is 17.8. The molecule has 3 aromatic rings. The second-order valence-electron chi connectivity index (χ2n) is 5.05. The number of halogens is 2. The van der Waals surface area contributed by atoms with Gasteiger partial charge in [0.1, 0.15) is 0 Å². The molecule has 25 heavy (non-hydrogen) atoms. The van der Waals surface area contributed by atoms with Crippen LogP contribution in [0.25, 0.3) is 11.4 Å². The number of nitrogens with one attached hydrogen (secondary N) is 1. The van der Waals surface area contributed by atoms with Crippen molar-refractivity contribution in [2.45, 2.75) is 6.54 Å². The number of nitrogens with zero attached hydrogens (tertiary/aromatic N) is 2. The van der Waals surface area contributed by atoms with Gasteiger partial charge >= 0.3 is 0 Å². The van der Waals surface area contributed by atoms with Crippen LogP contribution >= 0.6 is 11.6 Å². The monoisotopic (exact) mass is 361 g/mol. The Hall–Kier alpha value is -2.93. The summed E-state index contributed by atoms with van der Waals surface area (Å²) in [6, 6.07) is 10.9. The van der Waals surface area contributed by atoms with Crippen LogP contribution < -0.4 is 10.1 Å². The van der Waals surface area contributed by atoms with E-state index in [4.69, 9.17) is 20.9 Å². The Morgan fingerprint density at radius 1 is 1.28 bits per heavy atom. The van der Waals surface area contributed by atoms with Crippen molar-refractivity contribution in [2.75, 3.05) is 7.11 Å². The van der Waals surface area contributed by atoms with Gasteiger partial charge in [0.15, 0.2) is 11.6 Å². The van der Waals surface area contributed by atoms with Gasteiger partial charge in [-0.2, -0.15) is 4.98 Å². The minimum atomic E-state index is -0.613. The van der Waals surface area contributed by atoms with Crippen LogP contribution in [0.4, 0.5) is 4.39 Å². The predicted octanol–water partition coefficient (Wildman–Crippen LogP) is 3.47. The molecule has 1 aromatic heterocycles. The Labute approximate surface area is 147 Å². The normalized spacial score (nSPS) is 10.5. The number of benzene rings is 2. The van der Waals surface area contributed by atoms with Crippen molar-refractivity contribution in [2.24, 2.45) is 0 Å². The summed E-state index contributed by atoms with van der Waals surface area (Å²) in [5.74, 6) is -0.393. The first-order valence-corrected chi connectivity index (χ1v) is 7.65. The van der Waals surface area contributed by atoms with Crippen LogP contribution in [0.1, 0.15) is 16.2 Å². The van der Waals surface area contributed by atoms with Gasteiger partial charge in [-0.05, 0) is 42.5 Å².